The minimum atomic E-state index is 0.0931. The first-order valence-corrected chi connectivity index (χ1v) is 6.42. The molecule has 0 aromatic heterocycles. The van der Waals surface area contributed by atoms with Crippen molar-refractivity contribution in [2.75, 3.05) is 24.6 Å². The number of hydrogen-bond acceptors (Lipinski definition) is 3. The van der Waals surface area contributed by atoms with Crippen LogP contribution >= 0.6 is 0 Å². The van der Waals surface area contributed by atoms with E-state index in [9.17, 15) is 5.11 Å². The summed E-state index contributed by atoms with van der Waals surface area (Å²) in [6.45, 7) is 4.36. The Morgan fingerprint density at radius 3 is 2.71 bits per heavy atom. The summed E-state index contributed by atoms with van der Waals surface area (Å²) < 4.78 is 0. The standard InChI is InChI=1S/C14H22N2O/c1-11(15)13-4-6-14(7-5-13)16-8-2-3-12(9-16)10-17/h4-7,11-12,17H,2-3,8-10,15H2,1H3. The van der Waals surface area contributed by atoms with Crippen LogP contribution in [-0.4, -0.2) is 24.8 Å². The molecule has 1 fully saturated rings. The van der Waals surface area contributed by atoms with Gasteiger partial charge < -0.3 is 15.7 Å². The van der Waals surface area contributed by atoms with E-state index < -0.39 is 0 Å². The van der Waals surface area contributed by atoms with Crippen LogP contribution in [0.3, 0.4) is 0 Å². The number of rotatable bonds is 3. The van der Waals surface area contributed by atoms with Gasteiger partial charge >= 0.3 is 0 Å². The molecule has 0 saturated carbocycles. The number of nitrogens with zero attached hydrogens (tertiary/aromatic N) is 1. The first kappa shape index (κ1) is 12.4. The fourth-order valence-corrected chi connectivity index (χ4v) is 2.44. The summed E-state index contributed by atoms with van der Waals surface area (Å²) in [5, 5.41) is 9.23. The van der Waals surface area contributed by atoms with Crippen molar-refractivity contribution in [2.45, 2.75) is 25.8 Å². The van der Waals surface area contributed by atoms with Crippen LogP contribution in [-0.2, 0) is 0 Å². The SMILES string of the molecule is CC(N)c1ccc(N2CCCC(CO)C2)cc1. The largest absolute Gasteiger partial charge is 0.396 e. The quantitative estimate of drug-likeness (QED) is 0.840. The van der Waals surface area contributed by atoms with E-state index in [-0.39, 0.29) is 6.04 Å². The van der Waals surface area contributed by atoms with Crippen LogP contribution in [0.2, 0.25) is 0 Å². The summed E-state index contributed by atoms with van der Waals surface area (Å²) >= 11 is 0. The van der Waals surface area contributed by atoms with Gasteiger partial charge in [0.1, 0.15) is 0 Å². The molecule has 17 heavy (non-hydrogen) atoms. The second kappa shape index (κ2) is 5.52. The Labute approximate surface area is 103 Å². The van der Waals surface area contributed by atoms with E-state index in [1.54, 1.807) is 0 Å². The first-order valence-electron chi connectivity index (χ1n) is 6.42. The van der Waals surface area contributed by atoms with Gasteiger partial charge in [-0.15, -0.1) is 0 Å². The summed E-state index contributed by atoms with van der Waals surface area (Å²) in [6.07, 6.45) is 2.31. The van der Waals surface area contributed by atoms with Crippen molar-refractivity contribution in [3.05, 3.63) is 29.8 Å². The zero-order valence-electron chi connectivity index (χ0n) is 10.5. The maximum absolute atomic E-state index is 9.23. The lowest BCUT2D eigenvalue weighted by molar-refractivity contribution is 0.209. The predicted molar refractivity (Wildman–Crippen MR) is 71.1 cm³/mol. The van der Waals surface area contributed by atoms with Crippen LogP contribution in [0.1, 0.15) is 31.4 Å². The number of hydrogen-bond donors (Lipinski definition) is 2. The van der Waals surface area contributed by atoms with Crippen LogP contribution in [0.4, 0.5) is 5.69 Å². The predicted octanol–water partition coefficient (Wildman–Crippen LogP) is 1.92. The van der Waals surface area contributed by atoms with Crippen molar-refractivity contribution in [2.24, 2.45) is 11.7 Å². The Balaban J connectivity index is 2.06. The van der Waals surface area contributed by atoms with Crippen LogP contribution in [0.5, 0.6) is 0 Å². The Morgan fingerprint density at radius 2 is 2.12 bits per heavy atom. The fourth-order valence-electron chi connectivity index (χ4n) is 2.44. The Morgan fingerprint density at radius 1 is 1.41 bits per heavy atom. The summed E-state index contributed by atoms with van der Waals surface area (Å²) in [4.78, 5) is 2.36. The van der Waals surface area contributed by atoms with Crippen molar-refractivity contribution >= 4 is 5.69 Å². The molecule has 94 valence electrons. The minimum Gasteiger partial charge on any atom is -0.396 e. The second-order valence-electron chi connectivity index (χ2n) is 5.02. The van der Waals surface area contributed by atoms with Crippen molar-refractivity contribution in [3.8, 4) is 0 Å². The zero-order valence-corrected chi connectivity index (χ0v) is 10.5. The van der Waals surface area contributed by atoms with Crippen LogP contribution in [0.15, 0.2) is 24.3 Å². The molecule has 2 rings (SSSR count). The van der Waals surface area contributed by atoms with Gasteiger partial charge in [-0.05, 0) is 43.4 Å². The number of nitrogens with two attached hydrogens (primary N) is 1. The Bertz CT molecular complexity index is 348. The lowest BCUT2D eigenvalue weighted by Gasteiger charge is -2.33. The summed E-state index contributed by atoms with van der Waals surface area (Å²) in [5.41, 5.74) is 8.25. The Kier molecular flexibility index (Phi) is 4.02. The maximum Gasteiger partial charge on any atom is 0.0476 e. The first-order chi connectivity index (χ1) is 8.20. The van der Waals surface area contributed by atoms with Gasteiger partial charge in [0.25, 0.3) is 0 Å². The monoisotopic (exact) mass is 234 g/mol. The van der Waals surface area contributed by atoms with Gasteiger partial charge in [-0.2, -0.15) is 0 Å². The molecule has 2 atom stereocenters. The number of aliphatic hydroxyl groups is 1. The smallest absolute Gasteiger partial charge is 0.0476 e. The van der Waals surface area contributed by atoms with Gasteiger partial charge in [-0.1, -0.05) is 12.1 Å². The lowest BCUT2D eigenvalue weighted by Crippen LogP contribution is -2.36. The van der Waals surface area contributed by atoms with E-state index in [0.29, 0.717) is 12.5 Å². The van der Waals surface area contributed by atoms with Gasteiger partial charge in [-0.3, -0.25) is 0 Å². The minimum absolute atomic E-state index is 0.0931. The molecule has 1 aromatic carbocycles. The number of aliphatic hydroxyl groups excluding tert-OH is 1. The maximum atomic E-state index is 9.23. The highest BCUT2D eigenvalue weighted by Gasteiger charge is 2.19. The third-order valence-corrected chi connectivity index (χ3v) is 3.56. The lowest BCUT2D eigenvalue weighted by atomic mass is 9.98. The molecule has 3 nitrogen and oxygen atoms in total. The van der Waals surface area contributed by atoms with Crippen LogP contribution < -0.4 is 10.6 Å². The molecule has 1 heterocycles. The number of piperidine rings is 1. The molecule has 0 spiro atoms. The highest BCUT2D eigenvalue weighted by Crippen LogP contribution is 2.24. The molecule has 1 aliphatic heterocycles. The second-order valence-corrected chi connectivity index (χ2v) is 5.02. The molecule has 2 unspecified atom stereocenters. The van der Waals surface area contributed by atoms with E-state index in [0.717, 1.165) is 19.5 Å². The molecule has 3 N–H and O–H groups in total. The van der Waals surface area contributed by atoms with Crippen molar-refractivity contribution in [1.29, 1.82) is 0 Å². The van der Waals surface area contributed by atoms with Gasteiger partial charge in [0, 0.05) is 31.4 Å². The van der Waals surface area contributed by atoms with E-state index in [1.165, 1.54) is 17.7 Å². The highest BCUT2D eigenvalue weighted by molar-refractivity contribution is 5.48. The molecular formula is C14H22N2O. The van der Waals surface area contributed by atoms with Crippen molar-refractivity contribution < 1.29 is 5.11 Å². The average molecular weight is 234 g/mol. The number of anilines is 1. The molecule has 1 saturated heterocycles. The zero-order chi connectivity index (χ0) is 12.3. The van der Waals surface area contributed by atoms with Crippen molar-refractivity contribution in [3.63, 3.8) is 0 Å². The molecule has 0 bridgehead atoms. The third kappa shape index (κ3) is 2.99. The van der Waals surface area contributed by atoms with Gasteiger partial charge in [-0.25, -0.2) is 0 Å². The van der Waals surface area contributed by atoms with Crippen LogP contribution in [0.25, 0.3) is 0 Å². The molecule has 3 heteroatoms. The average Bonchev–Trinajstić information content (AvgIpc) is 2.39. The summed E-state index contributed by atoms with van der Waals surface area (Å²) in [6, 6.07) is 8.57. The summed E-state index contributed by atoms with van der Waals surface area (Å²) in [7, 11) is 0. The molecule has 0 amide bonds. The van der Waals surface area contributed by atoms with E-state index in [4.69, 9.17) is 5.73 Å². The molecule has 0 aliphatic carbocycles. The van der Waals surface area contributed by atoms with Gasteiger partial charge in [0.05, 0.1) is 0 Å². The third-order valence-electron chi connectivity index (χ3n) is 3.56. The molecule has 1 aliphatic rings. The topological polar surface area (TPSA) is 49.5 Å². The Hall–Kier alpha value is -1.06. The number of benzene rings is 1. The van der Waals surface area contributed by atoms with E-state index >= 15 is 0 Å². The molecule has 0 radical (unpaired) electrons. The van der Waals surface area contributed by atoms with Gasteiger partial charge in [0.2, 0.25) is 0 Å². The summed E-state index contributed by atoms with van der Waals surface area (Å²) in [5.74, 6) is 0.428. The van der Waals surface area contributed by atoms with Gasteiger partial charge in [0.15, 0.2) is 0 Å². The van der Waals surface area contributed by atoms with Crippen LogP contribution in [0, 0.1) is 5.92 Å². The normalized spacial score (nSPS) is 22.5. The van der Waals surface area contributed by atoms with Crippen molar-refractivity contribution in [1.82, 2.24) is 0 Å². The highest BCUT2D eigenvalue weighted by atomic mass is 16.3. The van der Waals surface area contributed by atoms with E-state index in [1.807, 2.05) is 6.92 Å². The fraction of sp³-hybridized carbons (Fsp3) is 0.571. The molecule has 1 aromatic rings. The molecular weight excluding hydrogens is 212 g/mol. The van der Waals surface area contributed by atoms with E-state index in [2.05, 4.69) is 29.2 Å².